The van der Waals surface area contributed by atoms with Crippen LogP contribution >= 0.6 is 34.2 Å². The number of nitrogens with zero attached hydrogens (tertiary/aromatic N) is 1. The van der Waals surface area contributed by atoms with Crippen LogP contribution in [-0.2, 0) is 17.1 Å². The number of phenols is 1. The van der Waals surface area contributed by atoms with Crippen LogP contribution in [0.15, 0.2) is 24.4 Å². The summed E-state index contributed by atoms with van der Waals surface area (Å²) in [6.07, 6.45) is 1.63. The van der Waals surface area contributed by atoms with Gasteiger partial charge in [-0.1, -0.05) is 11.6 Å². The molecular weight excluding hydrogens is 364 g/mol. The average Bonchev–Trinajstić information content (AvgIpc) is 2.15. The molecular formula is C9H5ClCuINO. The Morgan fingerprint density at radius 2 is 2.14 bits per heavy atom. The Kier molecular flexibility index (Phi) is 4.01. The molecule has 0 amide bonds. The first kappa shape index (κ1) is 12.0. The molecule has 0 aliphatic rings. The van der Waals surface area contributed by atoms with E-state index < -0.39 is 0 Å². The number of pyridine rings is 1. The van der Waals surface area contributed by atoms with Crippen LogP contribution in [0.4, 0.5) is 0 Å². The van der Waals surface area contributed by atoms with E-state index in [9.17, 15) is 5.11 Å². The van der Waals surface area contributed by atoms with Crippen molar-refractivity contribution in [1.82, 2.24) is 4.98 Å². The summed E-state index contributed by atoms with van der Waals surface area (Å²) in [5.41, 5.74) is 0.555. The normalized spacial score (nSPS) is 9.86. The molecule has 0 atom stereocenters. The van der Waals surface area contributed by atoms with Crippen molar-refractivity contribution < 1.29 is 22.2 Å². The fourth-order valence-corrected chi connectivity index (χ4v) is 2.17. The molecule has 0 fully saturated rings. The first-order chi connectivity index (χ1) is 6.20. The van der Waals surface area contributed by atoms with Gasteiger partial charge in [-0.05, 0) is 40.8 Å². The molecule has 2 aromatic rings. The number of halogens is 2. The Bertz CT molecular complexity index is 478. The first-order valence-electron chi connectivity index (χ1n) is 3.62. The zero-order valence-corrected chi connectivity index (χ0v) is 10.6. The van der Waals surface area contributed by atoms with Crippen molar-refractivity contribution >= 4 is 45.1 Å². The summed E-state index contributed by atoms with van der Waals surface area (Å²) in [6.45, 7) is 0. The molecule has 14 heavy (non-hydrogen) atoms. The van der Waals surface area contributed by atoms with Crippen LogP contribution in [0.3, 0.4) is 0 Å². The minimum atomic E-state index is 0. The molecule has 1 aromatic carbocycles. The van der Waals surface area contributed by atoms with E-state index in [-0.39, 0.29) is 22.8 Å². The predicted molar refractivity (Wildman–Crippen MR) is 61.1 cm³/mol. The summed E-state index contributed by atoms with van der Waals surface area (Å²) in [7, 11) is 0. The van der Waals surface area contributed by atoms with E-state index in [1.54, 1.807) is 18.3 Å². The van der Waals surface area contributed by atoms with Gasteiger partial charge >= 0.3 is 0 Å². The number of fused-ring (bicyclic) bond motifs is 1. The Morgan fingerprint density at radius 1 is 1.43 bits per heavy atom. The third-order valence-corrected chi connectivity index (χ3v) is 2.90. The third-order valence-electron chi connectivity index (χ3n) is 1.77. The van der Waals surface area contributed by atoms with Gasteiger partial charge in [0.05, 0.1) is 8.59 Å². The van der Waals surface area contributed by atoms with Crippen LogP contribution in [0.1, 0.15) is 0 Å². The third kappa shape index (κ3) is 1.98. The molecule has 0 saturated carbocycles. The number of benzene rings is 1. The van der Waals surface area contributed by atoms with Crippen LogP contribution in [0.2, 0.25) is 5.02 Å². The van der Waals surface area contributed by atoms with Gasteiger partial charge in [-0.15, -0.1) is 0 Å². The molecule has 1 heterocycles. The van der Waals surface area contributed by atoms with Crippen molar-refractivity contribution in [1.29, 1.82) is 0 Å². The first-order valence-corrected chi connectivity index (χ1v) is 5.07. The molecule has 1 radical (unpaired) electrons. The van der Waals surface area contributed by atoms with E-state index in [1.807, 2.05) is 28.7 Å². The van der Waals surface area contributed by atoms with Crippen LogP contribution in [0.5, 0.6) is 5.75 Å². The molecule has 1 N–H and O–H groups in total. The molecule has 77 valence electrons. The minimum Gasteiger partial charge on any atom is -0.505 e. The monoisotopic (exact) mass is 369 g/mol. The second-order valence-electron chi connectivity index (χ2n) is 2.59. The quantitative estimate of drug-likeness (QED) is 0.572. The summed E-state index contributed by atoms with van der Waals surface area (Å²) in [5.74, 6) is 0.195. The molecule has 2 nitrogen and oxygen atoms in total. The summed E-state index contributed by atoms with van der Waals surface area (Å²) in [6, 6.07) is 5.35. The molecule has 0 spiro atoms. The zero-order valence-electron chi connectivity index (χ0n) is 6.76. The van der Waals surface area contributed by atoms with E-state index in [0.29, 0.717) is 14.1 Å². The molecule has 0 aliphatic carbocycles. The summed E-state index contributed by atoms with van der Waals surface area (Å²) >= 11 is 8.00. The topological polar surface area (TPSA) is 33.1 Å². The Balaban J connectivity index is 0.000000980. The molecule has 5 heteroatoms. The van der Waals surface area contributed by atoms with E-state index in [4.69, 9.17) is 11.6 Å². The summed E-state index contributed by atoms with van der Waals surface area (Å²) in [5, 5.41) is 11.0. The van der Waals surface area contributed by atoms with Gasteiger partial charge in [0.1, 0.15) is 5.52 Å². The second-order valence-corrected chi connectivity index (χ2v) is 4.16. The van der Waals surface area contributed by atoms with Gasteiger partial charge in [0.25, 0.3) is 0 Å². The standard InChI is InChI=1S/C9H5ClINO.Cu/c10-6-4-7(11)9(13)8-5(6)2-1-3-12-8;/h1-4,13H;/i;1+0. The molecule has 1 aromatic heterocycles. The minimum absolute atomic E-state index is 0. The Labute approximate surface area is 110 Å². The molecule has 2 rings (SSSR count). The van der Waals surface area contributed by atoms with Crippen molar-refractivity contribution in [2.24, 2.45) is 0 Å². The maximum absolute atomic E-state index is 9.65. The van der Waals surface area contributed by atoms with Gasteiger partial charge in [0, 0.05) is 28.7 Å². The van der Waals surface area contributed by atoms with Gasteiger partial charge < -0.3 is 5.11 Å². The van der Waals surface area contributed by atoms with Gasteiger partial charge in [0.2, 0.25) is 0 Å². The van der Waals surface area contributed by atoms with Crippen molar-refractivity contribution in [3.8, 4) is 5.75 Å². The number of aromatic hydroxyl groups is 1. The fraction of sp³-hybridized carbons (Fsp3) is 0. The van der Waals surface area contributed by atoms with Crippen LogP contribution < -0.4 is 0 Å². The van der Waals surface area contributed by atoms with Crippen LogP contribution in [0, 0.1) is 3.57 Å². The van der Waals surface area contributed by atoms with Crippen molar-refractivity contribution in [3.05, 3.63) is 33.0 Å². The van der Waals surface area contributed by atoms with E-state index in [2.05, 4.69) is 4.98 Å². The van der Waals surface area contributed by atoms with Crippen molar-refractivity contribution in [3.63, 3.8) is 0 Å². The number of phenolic OH excluding ortho intramolecular Hbond substituents is 1. The van der Waals surface area contributed by atoms with Crippen LogP contribution in [-0.4, -0.2) is 10.1 Å². The SMILES string of the molecule is Oc1c(I)cc(Cl)c2cccnc12.[64Cu]. The number of hydrogen-bond donors (Lipinski definition) is 1. The average molecular weight is 369 g/mol. The van der Waals surface area contributed by atoms with Crippen LogP contribution in [0.25, 0.3) is 10.9 Å². The Hall–Kier alpha value is -0.0305. The van der Waals surface area contributed by atoms with E-state index in [1.165, 1.54) is 0 Å². The predicted octanol–water partition coefficient (Wildman–Crippen LogP) is 3.20. The fourth-order valence-electron chi connectivity index (χ4n) is 1.16. The smallest absolute Gasteiger partial charge is 0.155 e. The summed E-state index contributed by atoms with van der Waals surface area (Å²) < 4.78 is 0.716. The van der Waals surface area contributed by atoms with E-state index in [0.717, 1.165) is 5.39 Å². The molecule has 0 saturated heterocycles. The van der Waals surface area contributed by atoms with E-state index >= 15 is 0 Å². The maximum Gasteiger partial charge on any atom is 0.155 e. The van der Waals surface area contributed by atoms with Crippen molar-refractivity contribution in [2.45, 2.75) is 0 Å². The summed E-state index contributed by atoms with van der Waals surface area (Å²) in [4.78, 5) is 4.06. The second kappa shape index (κ2) is 4.66. The van der Waals surface area contributed by atoms with Gasteiger partial charge in [-0.25, -0.2) is 0 Å². The Morgan fingerprint density at radius 3 is 2.86 bits per heavy atom. The van der Waals surface area contributed by atoms with Gasteiger partial charge in [-0.3, -0.25) is 4.98 Å². The molecule has 0 unspecified atom stereocenters. The van der Waals surface area contributed by atoms with Gasteiger partial charge in [-0.2, -0.15) is 0 Å². The number of rotatable bonds is 0. The van der Waals surface area contributed by atoms with Gasteiger partial charge in [0.15, 0.2) is 5.75 Å². The molecule has 0 aliphatic heterocycles. The maximum atomic E-state index is 9.65. The molecule has 0 bridgehead atoms. The number of hydrogen-bond acceptors (Lipinski definition) is 2. The zero-order chi connectivity index (χ0) is 9.42. The van der Waals surface area contributed by atoms with Crippen molar-refractivity contribution in [2.75, 3.05) is 0 Å². The number of aromatic nitrogens is 1. The largest absolute Gasteiger partial charge is 0.505 e.